The highest BCUT2D eigenvalue weighted by atomic mass is 16.4. The van der Waals surface area contributed by atoms with Gasteiger partial charge in [0, 0.05) is 34.0 Å². The molecule has 6 heteroatoms. The lowest BCUT2D eigenvalue weighted by Crippen LogP contribution is -2.38. The molecule has 0 saturated carbocycles. The summed E-state index contributed by atoms with van der Waals surface area (Å²) < 4.78 is 0. The van der Waals surface area contributed by atoms with Crippen molar-refractivity contribution in [3.63, 3.8) is 0 Å². The highest BCUT2D eigenvalue weighted by molar-refractivity contribution is 5.83. The first kappa shape index (κ1) is 14.4. The lowest BCUT2D eigenvalue weighted by Gasteiger charge is -2.20. The van der Waals surface area contributed by atoms with Gasteiger partial charge in [-0.1, -0.05) is 0 Å². The summed E-state index contributed by atoms with van der Waals surface area (Å²) in [5.74, 6) is -1.24. The zero-order valence-corrected chi connectivity index (χ0v) is 9.89. The van der Waals surface area contributed by atoms with E-state index in [1.165, 1.54) is 16.7 Å². The fourth-order valence-electron chi connectivity index (χ4n) is 1.03. The van der Waals surface area contributed by atoms with E-state index in [0.29, 0.717) is 13.0 Å². The van der Waals surface area contributed by atoms with Crippen LogP contribution in [0.25, 0.3) is 0 Å². The summed E-state index contributed by atoms with van der Waals surface area (Å²) in [6.07, 6.45) is 0.460. The van der Waals surface area contributed by atoms with E-state index in [4.69, 9.17) is 5.11 Å². The summed E-state index contributed by atoms with van der Waals surface area (Å²) in [6, 6.07) is 0. The lowest BCUT2D eigenvalue weighted by atomic mass is 10.3. The molecule has 0 saturated heterocycles. The van der Waals surface area contributed by atoms with Crippen LogP contribution >= 0.6 is 0 Å². The minimum absolute atomic E-state index is 0.0267. The minimum Gasteiger partial charge on any atom is -0.481 e. The molecule has 0 aliphatic rings. The van der Waals surface area contributed by atoms with E-state index in [9.17, 15) is 14.4 Å². The Morgan fingerprint density at radius 3 is 2.12 bits per heavy atom. The van der Waals surface area contributed by atoms with Gasteiger partial charge in [-0.15, -0.1) is 0 Å². The van der Waals surface area contributed by atoms with Crippen LogP contribution in [0.2, 0.25) is 0 Å². The van der Waals surface area contributed by atoms with Crippen LogP contribution < -0.4 is 0 Å². The van der Waals surface area contributed by atoms with E-state index < -0.39 is 5.97 Å². The molecule has 0 aromatic rings. The Kier molecular flexibility index (Phi) is 6.14. The number of hydrogen-bond donors (Lipinski definition) is 1. The number of amides is 2. The Morgan fingerprint density at radius 2 is 1.69 bits per heavy atom. The number of rotatable bonds is 6. The molecule has 0 aromatic carbocycles. The Balaban J connectivity index is 3.90. The zero-order chi connectivity index (χ0) is 12.7. The molecule has 0 rings (SSSR count). The van der Waals surface area contributed by atoms with Crippen LogP contribution in [0.15, 0.2) is 0 Å². The summed E-state index contributed by atoms with van der Waals surface area (Å²) in [5, 5.41) is 8.43. The summed E-state index contributed by atoms with van der Waals surface area (Å²) in [4.78, 5) is 35.4. The van der Waals surface area contributed by atoms with Crippen LogP contribution in [-0.2, 0) is 14.4 Å². The van der Waals surface area contributed by atoms with Gasteiger partial charge in [0.25, 0.3) is 0 Å². The molecule has 0 bridgehead atoms. The standard InChI is InChI=1S/C10H18N2O4/c1-8(13)12(3)7-9(14)11(2)6-4-5-10(15)16/h4-7H2,1-3H3,(H,15,16). The predicted molar refractivity (Wildman–Crippen MR) is 57.8 cm³/mol. The number of likely N-dealkylation sites (N-methyl/N-ethyl adjacent to an activating group) is 2. The van der Waals surface area contributed by atoms with E-state index >= 15 is 0 Å². The number of aliphatic carboxylic acids is 1. The average molecular weight is 230 g/mol. The second-order valence-electron chi connectivity index (χ2n) is 3.69. The molecule has 0 atom stereocenters. The molecule has 0 spiro atoms. The van der Waals surface area contributed by atoms with Crippen molar-refractivity contribution in [3.8, 4) is 0 Å². The third kappa shape index (κ3) is 6.00. The maximum Gasteiger partial charge on any atom is 0.303 e. The van der Waals surface area contributed by atoms with Crippen LogP contribution in [0, 0.1) is 0 Å². The number of carboxylic acids is 1. The first-order valence-electron chi connectivity index (χ1n) is 5.02. The Hall–Kier alpha value is -1.59. The Morgan fingerprint density at radius 1 is 1.12 bits per heavy atom. The second kappa shape index (κ2) is 6.81. The molecule has 2 amide bonds. The highest BCUT2D eigenvalue weighted by Crippen LogP contribution is 1.95. The van der Waals surface area contributed by atoms with Gasteiger partial charge in [0.15, 0.2) is 0 Å². The zero-order valence-electron chi connectivity index (χ0n) is 9.89. The van der Waals surface area contributed by atoms with Crippen molar-refractivity contribution in [2.45, 2.75) is 19.8 Å². The van der Waals surface area contributed by atoms with Crippen molar-refractivity contribution in [2.24, 2.45) is 0 Å². The fourth-order valence-corrected chi connectivity index (χ4v) is 1.03. The van der Waals surface area contributed by atoms with Crippen LogP contribution in [0.5, 0.6) is 0 Å². The molecule has 0 fully saturated rings. The summed E-state index contributed by atoms with van der Waals surface area (Å²) in [6.45, 7) is 1.80. The Bertz CT molecular complexity index is 278. The topological polar surface area (TPSA) is 77.9 Å². The van der Waals surface area contributed by atoms with E-state index in [1.54, 1.807) is 14.1 Å². The smallest absolute Gasteiger partial charge is 0.303 e. The van der Waals surface area contributed by atoms with Crippen molar-refractivity contribution in [2.75, 3.05) is 27.2 Å². The average Bonchev–Trinajstić information content (AvgIpc) is 2.16. The van der Waals surface area contributed by atoms with Gasteiger partial charge in [0.1, 0.15) is 0 Å². The molecule has 92 valence electrons. The van der Waals surface area contributed by atoms with Crippen LogP contribution in [0.4, 0.5) is 0 Å². The van der Waals surface area contributed by atoms with E-state index in [1.807, 2.05) is 0 Å². The Labute approximate surface area is 94.8 Å². The number of carbonyl (C=O) groups is 3. The van der Waals surface area contributed by atoms with Crippen molar-refractivity contribution < 1.29 is 19.5 Å². The SMILES string of the molecule is CC(=O)N(C)CC(=O)N(C)CCCC(=O)O. The first-order chi connectivity index (χ1) is 7.34. The minimum atomic E-state index is -0.873. The van der Waals surface area contributed by atoms with Crippen LogP contribution in [-0.4, -0.2) is 59.9 Å². The molecule has 0 heterocycles. The molecular formula is C10H18N2O4. The molecular weight excluding hydrogens is 212 g/mol. The number of carbonyl (C=O) groups excluding carboxylic acids is 2. The first-order valence-corrected chi connectivity index (χ1v) is 5.02. The van der Waals surface area contributed by atoms with E-state index in [-0.39, 0.29) is 24.8 Å². The second-order valence-corrected chi connectivity index (χ2v) is 3.69. The quantitative estimate of drug-likeness (QED) is 0.684. The molecule has 1 N–H and O–H groups in total. The van der Waals surface area contributed by atoms with Crippen LogP contribution in [0.1, 0.15) is 19.8 Å². The van der Waals surface area contributed by atoms with Gasteiger partial charge in [0.05, 0.1) is 6.54 Å². The molecule has 0 aromatic heterocycles. The number of hydrogen-bond acceptors (Lipinski definition) is 3. The van der Waals surface area contributed by atoms with E-state index in [2.05, 4.69) is 0 Å². The summed E-state index contributed by atoms with van der Waals surface area (Å²) >= 11 is 0. The van der Waals surface area contributed by atoms with Crippen LogP contribution in [0.3, 0.4) is 0 Å². The molecule has 16 heavy (non-hydrogen) atoms. The maximum absolute atomic E-state index is 11.5. The van der Waals surface area contributed by atoms with Gasteiger partial charge in [-0.25, -0.2) is 0 Å². The number of nitrogens with zero attached hydrogens (tertiary/aromatic N) is 2. The third-order valence-electron chi connectivity index (χ3n) is 2.22. The van der Waals surface area contributed by atoms with Gasteiger partial charge >= 0.3 is 5.97 Å². The lowest BCUT2D eigenvalue weighted by molar-refractivity contribution is -0.139. The monoisotopic (exact) mass is 230 g/mol. The van der Waals surface area contributed by atoms with Crippen molar-refractivity contribution >= 4 is 17.8 Å². The molecule has 6 nitrogen and oxygen atoms in total. The third-order valence-corrected chi connectivity index (χ3v) is 2.22. The van der Waals surface area contributed by atoms with Gasteiger partial charge in [0.2, 0.25) is 11.8 Å². The highest BCUT2D eigenvalue weighted by Gasteiger charge is 2.13. The normalized spacial score (nSPS) is 9.69. The van der Waals surface area contributed by atoms with Crippen molar-refractivity contribution in [1.29, 1.82) is 0 Å². The maximum atomic E-state index is 11.5. The van der Waals surface area contributed by atoms with Crippen molar-refractivity contribution in [3.05, 3.63) is 0 Å². The largest absolute Gasteiger partial charge is 0.481 e. The molecule has 0 radical (unpaired) electrons. The summed E-state index contributed by atoms with van der Waals surface area (Å²) in [7, 11) is 3.14. The van der Waals surface area contributed by atoms with E-state index in [0.717, 1.165) is 0 Å². The molecule has 0 unspecified atom stereocenters. The van der Waals surface area contributed by atoms with Gasteiger partial charge < -0.3 is 14.9 Å². The molecule has 0 aliphatic heterocycles. The van der Waals surface area contributed by atoms with Gasteiger partial charge in [-0.3, -0.25) is 14.4 Å². The fraction of sp³-hybridized carbons (Fsp3) is 0.700. The summed E-state index contributed by atoms with van der Waals surface area (Å²) in [5.41, 5.74) is 0. The predicted octanol–water partition coefficient (Wildman–Crippen LogP) is -0.212. The van der Waals surface area contributed by atoms with Gasteiger partial charge in [-0.05, 0) is 6.42 Å². The van der Waals surface area contributed by atoms with Gasteiger partial charge in [-0.2, -0.15) is 0 Å². The molecule has 0 aliphatic carbocycles. The number of carboxylic acid groups (broad SMARTS) is 1. The van der Waals surface area contributed by atoms with Crippen molar-refractivity contribution in [1.82, 2.24) is 9.80 Å².